The predicted molar refractivity (Wildman–Crippen MR) is 67.4 cm³/mol. The molecule has 0 amide bonds. The summed E-state index contributed by atoms with van der Waals surface area (Å²) < 4.78 is 32.1. The van der Waals surface area contributed by atoms with E-state index in [-0.39, 0.29) is 5.58 Å². The van der Waals surface area contributed by atoms with Crippen molar-refractivity contribution in [3.05, 3.63) is 35.1 Å². The van der Waals surface area contributed by atoms with Crippen LogP contribution in [0.25, 0.3) is 11.0 Å². The lowest BCUT2D eigenvalue weighted by atomic mass is 10.1. The van der Waals surface area contributed by atoms with Crippen LogP contribution in [-0.2, 0) is 6.54 Å². The Morgan fingerprint density at radius 2 is 2.00 bits per heavy atom. The third-order valence-electron chi connectivity index (χ3n) is 2.89. The molecule has 2 rings (SSSR count). The molecule has 0 unspecified atom stereocenters. The van der Waals surface area contributed by atoms with Crippen LogP contribution in [0.15, 0.2) is 16.5 Å². The van der Waals surface area contributed by atoms with Gasteiger partial charge >= 0.3 is 0 Å². The summed E-state index contributed by atoms with van der Waals surface area (Å²) in [5, 5.41) is 3.74. The Labute approximate surface area is 105 Å². The maximum absolute atomic E-state index is 13.5. The molecular weight excluding hydrogens is 236 g/mol. The van der Waals surface area contributed by atoms with Crippen LogP contribution in [0.1, 0.15) is 25.2 Å². The van der Waals surface area contributed by atoms with Crippen LogP contribution in [0.2, 0.25) is 0 Å². The fourth-order valence-corrected chi connectivity index (χ4v) is 1.94. The highest BCUT2D eigenvalue weighted by molar-refractivity contribution is 5.82. The van der Waals surface area contributed by atoms with Gasteiger partial charge in [-0.3, -0.25) is 0 Å². The van der Waals surface area contributed by atoms with Crippen LogP contribution in [0.3, 0.4) is 0 Å². The van der Waals surface area contributed by atoms with E-state index in [2.05, 4.69) is 19.2 Å². The molecule has 0 aliphatic rings. The summed E-state index contributed by atoms with van der Waals surface area (Å²) in [5.74, 6) is -0.0344. The summed E-state index contributed by atoms with van der Waals surface area (Å²) in [5.41, 5.74) is 0.926. The van der Waals surface area contributed by atoms with E-state index in [0.717, 1.165) is 18.2 Å². The molecule has 0 spiro atoms. The van der Waals surface area contributed by atoms with Gasteiger partial charge in [-0.1, -0.05) is 13.8 Å². The van der Waals surface area contributed by atoms with Gasteiger partial charge in [-0.2, -0.15) is 0 Å². The van der Waals surface area contributed by atoms with E-state index in [1.807, 2.05) is 6.92 Å². The van der Waals surface area contributed by atoms with Gasteiger partial charge in [0.15, 0.2) is 11.4 Å². The third kappa shape index (κ3) is 2.53. The Kier molecular flexibility index (Phi) is 3.66. The van der Waals surface area contributed by atoms with Gasteiger partial charge in [-0.15, -0.1) is 0 Å². The first-order valence-electron chi connectivity index (χ1n) is 6.06. The van der Waals surface area contributed by atoms with Crippen LogP contribution in [-0.4, -0.2) is 6.54 Å². The molecule has 1 aromatic heterocycles. The molecule has 0 aliphatic carbocycles. The van der Waals surface area contributed by atoms with Crippen molar-refractivity contribution in [1.29, 1.82) is 0 Å². The minimum absolute atomic E-state index is 0.134. The van der Waals surface area contributed by atoms with Crippen LogP contribution in [0, 0.1) is 24.5 Å². The molecule has 4 heteroatoms. The Morgan fingerprint density at radius 3 is 2.67 bits per heavy atom. The Balaban J connectivity index is 2.30. The van der Waals surface area contributed by atoms with Gasteiger partial charge < -0.3 is 9.73 Å². The second kappa shape index (κ2) is 5.06. The molecule has 0 saturated carbocycles. The second-order valence-corrected chi connectivity index (χ2v) is 4.94. The van der Waals surface area contributed by atoms with Gasteiger partial charge in [0.2, 0.25) is 0 Å². The number of aryl methyl sites for hydroxylation is 1. The highest BCUT2D eigenvalue weighted by atomic mass is 19.1. The van der Waals surface area contributed by atoms with E-state index in [4.69, 9.17) is 4.42 Å². The Bertz CT molecular complexity index is 560. The number of hydrogen-bond donors (Lipinski definition) is 1. The number of fused-ring (bicyclic) bond motifs is 1. The molecule has 2 nitrogen and oxygen atoms in total. The number of halogens is 2. The van der Waals surface area contributed by atoms with Gasteiger partial charge in [0.1, 0.15) is 11.6 Å². The van der Waals surface area contributed by atoms with Crippen LogP contribution in [0.4, 0.5) is 8.78 Å². The van der Waals surface area contributed by atoms with Crippen molar-refractivity contribution in [3.63, 3.8) is 0 Å². The van der Waals surface area contributed by atoms with Gasteiger partial charge in [-0.25, -0.2) is 8.78 Å². The van der Waals surface area contributed by atoms with Crippen molar-refractivity contribution in [3.8, 4) is 0 Å². The first-order chi connectivity index (χ1) is 8.49. The molecule has 0 radical (unpaired) electrons. The standard InChI is InChI=1S/C14H17F2NO/c1-8(2)6-17-7-13-9(3)11-4-10(15)5-12(16)14(11)18-13/h4-5,8,17H,6-7H2,1-3H3. The lowest BCUT2D eigenvalue weighted by Crippen LogP contribution is -2.18. The molecule has 0 aliphatic heterocycles. The summed E-state index contributed by atoms with van der Waals surface area (Å²) in [6.07, 6.45) is 0. The molecule has 0 saturated heterocycles. The molecule has 1 heterocycles. The number of hydrogen-bond acceptors (Lipinski definition) is 2. The fraction of sp³-hybridized carbons (Fsp3) is 0.429. The molecule has 98 valence electrons. The molecule has 1 aromatic carbocycles. The maximum Gasteiger partial charge on any atom is 0.170 e. The van der Waals surface area contributed by atoms with Gasteiger partial charge in [-0.05, 0) is 31.0 Å². The van der Waals surface area contributed by atoms with Crippen LogP contribution in [0.5, 0.6) is 0 Å². The number of nitrogens with one attached hydrogen (secondary N) is 1. The highest BCUT2D eigenvalue weighted by Gasteiger charge is 2.15. The summed E-state index contributed by atoms with van der Waals surface area (Å²) >= 11 is 0. The summed E-state index contributed by atoms with van der Waals surface area (Å²) in [6.45, 7) is 7.41. The Hall–Kier alpha value is -1.42. The first-order valence-corrected chi connectivity index (χ1v) is 6.06. The zero-order chi connectivity index (χ0) is 13.3. The normalized spacial score (nSPS) is 11.7. The summed E-state index contributed by atoms with van der Waals surface area (Å²) in [6, 6.07) is 2.15. The van der Waals surface area contributed by atoms with Gasteiger partial charge in [0.05, 0.1) is 6.54 Å². The molecular formula is C14H17F2NO. The minimum atomic E-state index is -0.650. The largest absolute Gasteiger partial charge is 0.456 e. The molecule has 0 bridgehead atoms. The molecule has 1 N–H and O–H groups in total. The van der Waals surface area contributed by atoms with Crippen molar-refractivity contribution >= 4 is 11.0 Å². The smallest absolute Gasteiger partial charge is 0.170 e. The first kappa shape index (κ1) is 13.0. The van der Waals surface area contributed by atoms with E-state index in [0.29, 0.717) is 23.6 Å². The molecule has 0 atom stereocenters. The molecule has 0 fully saturated rings. The van der Waals surface area contributed by atoms with E-state index in [9.17, 15) is 8.78 Å². The zero-order valence-electron chi connectivity index (χ0n) is 10.8. The lowest BCUT2D eigenvalue weighted by molar-refractivity contribution is 0.471. The number of rotatable bonds is 4. The minimum Gasteiger partial charge on any atom is -0.456 e. The van der Waals surface area contributed by atoms with Gasteiger partial charge in [0, 0.05) is 11.5 Å². The van der Waals surface area contributed by atoms with Crippen molar-refractivity contribution in [1.82, 2.24) is 5.32 Å². The van der Waals surface area contributed by atoms with Crippen molar-refractivity contribution in [2.45, 2.75) is 27.3 Å². The van der Waals surface area contributed by atoms with Crippen LogP contribution >= 0.6 is 0 Å². The monoisotopic (exact) mass is 253 g/mol. The van der Waals surface area contributed by atoms with Crippen LogP contribution < -0.4 is 5.32 Å². The fourth-order valence-electron chi connectivity index (χ4n) is 1.94. The van der Waals surface area contributed by atoms with E-state index < -0.39 is 11.6 Å². The summed E-state index contributed by atoms with van der Waals surface area (Å²) in [7, 11) is 0. The van der Waals surface area contributed by atoms with E-state index in [1.165, 1.54) is 6.07 Å². The van der Waals surface area contributed by atoms with Crippen molar-refractivity contribution < 1.29 is 13.2 Å². The van der Waals surface area contributed by atoms with E-state index in [1.54, 1.807) is 0 Å². The Morgan fingerprint density at radius 1 is 1.28 bits per heavy atom. The molecule has 2 aromatic rings. The average molecular weight is 253 g/mol. The topological polar surface area (TPSA) is 25.2 Å². The third-order valence-corrected chi connectivity index (χ3v) is 2.89. The zero-order valence-corrected chi connectivity index (χ0v) is 10.8. The van der Waals surface area contributed by atoms with Gasteiger partial charge in [0.25, 0.3) is 0 Å². The SMILES string of the molecule is Cc1c(CNCC(C)C)oc2c(F)cc(F)cc12. The number of furan rings is 1. The predicted octanol–water partition coefficient (Wildman–Crippen LogP) is 3.77. The lowest BCUT2D eigenvalue weighted by Gasteiger charge is -2.05. The number of benzene rings is 1. The van der Waals surface area contributed by atoms with Crippen molar-refractivity contribution in [2.24, 2.45) is 5.92 Å². The average Bonchev–Trinajstić information content (AvgIpc) is 2.57. The highest BCUT2D eigenvalue weighted by Crippen LogP contribution is 2.28. The summed E-state index contributed by atoms with van der Waals surface area (Å²) in [4.78, 5) is 0. The van der Waals surface area contributed by atoms with Crippen molar-refractivity contribution in [2.75, 3.05) is 6.54 Å². The molecule has 18 heavy (non-hydrogen) atoms. The quantitative estimate of drug-likeness (QED) is 0.897. The maximum atomic E-state index is 13.5. The van der Waals surface area contributed by atoms with E-state index >= 15 is 0 Å². The second-order valence-electron chi connectivity index (χ2n) is 4.94.